The predicted molar refractivity (Wildman–Crippen MR) is 85.4 cm³/mol. The van der Waals surface area contributed by atoms with E-state index in [4.69, 9.17) is 18.0 Å². The van der Waals surface area contributed by atoms with Gasteiger partial charge in [-0.1, -0.05) is 19.1 Å². The normalized spacial score (nSPS) is 17.5. The molecule has 1 aromatic rings. The minimum absolute atomic E-state index is 0.0809. The van der Waals surface area contributed by atoms with E-state index in [1.54, 1.807) is 4.90 Å². The lowest BCUT2D eigenvalue weighted by Crippen LogP contribution is -2.55. The highest BCUT2D eigenvalue weighted by Crippen LogP contribution is 2.11. The number of nitrogens with one attached hydrogen (secondary N) is 1. The van der Waals surface area contributed by atoms with Crippen molar-refractivity contribution in [3.63, 3.8) is 0 Å². The average Bonchev–Trinajstić information content (AvgIpc) is 2.48. The molecule has 1 amide bonds. The summed E-state index contributed by atoms with van der Waals surface area (Å²) in [5.74, 6) is -0.222. The molecule has 0 aliphatic carbocycles. The van der Waals surface area contributed by atoms with Gasteiger partial charge in [0, 0.05) is 44.6 Å². The summed E-state index contributed by atoms with van der Waals surface area (Å²) >= 11 is 5.08. The predicted octanol–water partition coefficient (Wildman–Crippen LogP) is 0.197. The Morgan fingerprint density at radius 1 is 1.43 bits per heavy atom. The average molecular weight is 308 g/mol. The number of rotatable bonds is 4. The summed E-state index contributed by atoms with van der Waals surface area (Å²) in [7, 11) is 0. The van der Waals surface area contributed by atoms with E-state index in [0.29, 0.717) is 31.2 Å². The van der Waals surface area contributed by atoms with Crippen LogP contribution < -0.4 is 11.2 Å². The van der Waals surface area contributed by atoms with E-state index in [9.17, 15) is 9.59 Å². The van der Waals surface area contributed by atoms with E-state index < -0.39 is 0 Å². The Hall–Kier alpha value is -1.73. The van der Waals surface area contributed by atoms with Crippen LogP contribution >= 0.6 is 12.2 Å². The molecule has 6 nitrogen and oxygen atoms in total. The third-order valence-corrected chi connectivity index (χ3v) is 4.08. The highest BCUT2D eigenvalue weighted by Gasteiger charge is 2.27. The molecule has 1 fully saturated rings. The molecule has 0 aromatic carbocycles. The molecule has 1 atom stereocenters. The summed E-state index contributed by atoms with van der Waals surface area (Å²) in [6.07, 6.45) is 3.84. The summed E-state index contributed by atoms with van der Waals surface area (Å²) in [4.78, 5) is 31.2. The molecule has 0 bridgehead atoms. The minimum atomic E-state index is -0.254. The second kappa shape index (κ2) is 6.82. The van der Waals surface area contributed by atoms with Crippen LogP contribution in [0.5, 0.6) is 0 Å². The lowest BCUT2D eigenvalue weighted by atomic mass is 10.1. The Kier molecular flexibility index (Phi) is 5.08. The van der Waals surface area contributed by atoms with Crippen molar-refractivity contribution < 1.29 is 4.79 Å². The van der Waals surface area contributed by atoms with Crippen molar-refractivity contribution in [3.8, 4) is 0 Å². The number of H-pyrrole nitrogens is 1. The molecular formula is C14H20N4O2S. The Labute approximate surface area is 128 Å². The SMILES string of the molecule is CCC(C(N)=S)N1CCN(C(=O)c2c[nH]ccc2=O)CC1. The van der Waals surface area contributed by atoms with Crippen LogP contribution in [-0.4, -0.2) is 57.9 Å². The van der Waals surface area contributed by atoms with Crippen molar-refractivity contribution >= 4 is 23.1 Å². The number of piperazine rings is 1. The first-order valence-electron chi connectivity index (χ1n) is 7.04. The molecule has 114 valence electrons. The van der Waals surface area contributed by atoms with Gasteiger partial charge in [0.15, 0.2) is 5.43 Å². The van der Waals surface area contributed by atoms with Crippen LogP contribution in [0.4, 0.5) is 0 Å². The fraction of sp³-hybridized carbons (Fsp3) is 0.500. The van der Waals surface area contributed by atoms with E-state index in [1.807, 2.05) is 6.92 Å². The van der Waals surface area contributed by atoms with Crippen molar-refractivity contribution in [2.45, 2.75) is 19.4 Å². The van der Waals surface area contributed by atoms with Gasteiger partial charge in [0.2, 0.25) is 0 Å². The zero-order chi connectivity index (χ0) is 15.4. The van der Waals surface area contributed by atoms with Gasteiger partial charge in [0.25, 0.3) is 5.91 Å². The molecule has 1 aromatic heterocycles. The molecule has 0 spiro atoms. The first kappa shape index (κ1) is 15.7. The van der Waals surface area contributed by atoms with Crippen molar-refractivity contribution in [2.75, 3.05) is 26.2 Å². The molecular weight excluding hydrogens is 288 g/mol. The first-order chi connectivity index (χ1) is 10.0. The lowest BCUT2D eigenvalue weighted by Gasteiger charge is -2.38. The van der Waals surface area contributed by atoms with Gasteiger partial charge in [-0.2, -0.15) is 0 Å². The summed E-state index contributed by atoms with van der Waals surface area (Å²) in [5, 5.41) is 0. The molecule has 2 rings (SSSR count). The topological polar surface area (TPSA) is 82.4 Å². The van der Waals surface area contributed by atoms with Crippen molar-refractivity contribution in [3.05, 3.63) is 34.2 Å². The molecule has 0 radical (unpaired) electrons. The van der Waals surface area contributed by atoms with Gasteiger partial charge < -0.3 is 15.6 Å². The summed E-state index contributed by atoms with van der Waals surface area (Å²) < 4.78 is 0. The molecule has 0 saturated carbocycles. The van der Waals surface area contributed by atoms with E-state index in [0.717, 1.165) is 6.42 Å². The maximum absolute atomic E-state index is 12.3. The van der Waals surface area contributed by atoms with Gasteiger partial charge in [-0.25, -0.2) is 0 Å². The van der Waals surface area contributed by atoms with Crippen LogP contribution in [0.15, 0.2) is 23.3 Å². The number of thiocarbonyl (C=S) groups is 1. The molecule has 3 N–H and O–H groups in total. The van der Waals surface area contributed by atoms with Crippen molar-refractivity contribution in [1.82, 2.24) is 14.8 Å². The van der Waals surface area contributed by atoms with Crippen molar-refractivity contribution in [1.29, 1.82) is 0 Å². The monoisotopic (exact) mass is 308 g/mol. The zero-order valence-corrected chi connectivity index (χ0v) is 12.9. The number of carbonyl (C=O) groups is 1. The van der Waals surface area contributed by atoms with Crippen LogP contribution in [-0.2, 0) is 0 Å². The molecule has 1 saturated heterocycles. The number of carbonyl (C=O) groups excluding carboxylic acids is 1. The summed E-state index contributed by atoms with van der Waals surface area (Å²) in [5.41, 5.74) is 5.68. The van der Waals surface area contributed by atoms with Crippen LogP contribution in [0.25, 0.3) is 0 Å². The maximum atomic E-state index is 12.3. The number of amides is 1. The van der Waals surface area contributed by atoms with Crippen LogP contribution in [0.1, 0.15) is 23.7 Å². The van der Waals surface area contributed by atoms with E-state index in [2.05, 4.69) is 9.88 Å². The molecule has 1 unspecified atom stereocenters. The smallest absolute Gasteiger partial charge is 0.259 e. The fourth-order valence-corrected chi connectivity index (χ4v) is 2.95. The number of hydrogen-bond acceptors (Lipinski definition) is 4. The molecule has 2 heterocycles. The van der Waals surface area contributed by atoms with Gasteiger partial charge in [0.1, 0.15) is 5.56 Å². The molecule has 1 aliphatic rings. The van der Waals surface area contributed by atoms with Crippen LogP contribution in [0, 0.1) is 0 Å². The van der Waals surface area contributed by atoms with Gasteiger partial charge >= 0.3 is 0 Å². The number of nitrogens with two attached hydrogens (primary N) is 1. The summed E-state index contributed by atoms with van der Waals surface area (Å²) in [6, 6.07) is 1.45. The number of nitrogens with zero attached hydrogens (tertiary/aromatic N) is 2. The van der Waals surface area contributed by atoms with Crippen LogP contribution in [0.2, 0.25) is 0 Å². The molecule has 7 heteroatoms. The third-order valence-electron chi connectivity index (χ3n) is 3.81. The molecule has 21 heavy (non-hydrogen) atoms. The Balaban J connectivity index is 2.01. The largest absolute Gasteiger partial charge is 0.392 e. The van der Waals surface area contributed by atoms with Gasteiger partial charge in [0.05, 0.1) is 11.0 Å². The molecule has 1 aliphatic heterocycles. The third kappa shape index (κ3) is 3.48. The zero-order valence-electron chi connectivity index (χ0n) is 12.0. The van der Waals surface area contributed by atoms with Gasteiger partial charge in [-0.15, -0.1) is 0 Å². The quantitative estimate of drug-likeness (QED) is 0.776. The lowest BCUT2D eigenvalue weighted by molar-refractivity contribution is 0.0610. The minimum Gasteiger partial charge on any atom is -0.392 e. The number of hydrogen-bond donors (Lipinski definition) is 2. The fourth-order valence-electron chi connectivity index (χ4n) is 2.63. The second-order valence-electron chi connectivity index (χ2n) is 5.08. The van der Waals surface area contributed by atoms with Crippen LogP contribution in [0.3, 0.4) is 0 Å². The number of pyridine rings is 1. The Bertz CT molecular complexity index is 578. The maximum Gasteiger partial charge on any atom is 0.259 e. The van der Waals surface area contributed by atoms with E-state index in [-0.39, 0.29) is 22.9 Å². The van der Waals surface area contributed by atoms with Gasteiger partial charge in [-0.05, 0) is 6.42 Å². The first-order valence-corrected chi connectivity index (χ1v) is 7.45. The Morgan fingerprint density at radius 3 is 2.62 bits per heavy atom. The highest BCUT2D eigenvalue weighted by molar-refractivity contribution is 7.80. The second-order valence-corrected chi connectivity index (χ2v) is 5.55. The van der Waals surface area contributed by atoms with Crippen molar-refractivity contribution in [2.24, 2.45) is 5.73 Å². The Morgan fingerprint density at radius 2 is 2.10 bits per heavy atom. The highest BCUT2D eigenvalue weighted by atomic mass is 32.1. The summed E-state index contributed by atoms with van der Waals surface area (Å²) in [6.45, 7) is 4.63. The number of aromatic nitrogens is 1. The standard InChI is InChI=1S/C14H20N4O2S/c1-2-11(13(15)21)17-5-7-18(8-6-17)14(20)10-9-16-4-3-12(10)19/h3-4,9,11H,2,5-8H2,1H3,(H2,15,21)(H,16,19). The van der Waals surface area contributed by atoms with Gasteiger partial charge in [-0.3, -0.25) is 14.5 Å². The van der Waals surface area contributed by atoms with E-state index in [1.165, 1.54) is 18.5 Å². The number of aromatic amines is 1. The van der Waals surface area contributed by atoms with E-state index >= 15 is 0 Å².